The van der Waals surface area contributed by atoms with Gasteiger partial charge in [-0.25, -0.2) is 25.9 Å². The zero-order chi connectivity index (χ0) is 18.7. The lowest BCUT2D eigenvalue weighted by atomic mass is 10.1. The van der Waals surface area contributed by atoms with Crippen molar-refractivity contribution >= 4 is 11.7 Å². The zero-order valence-corrected chi connectivity index (χ0v) is 14.8. The van der Waals surface area contributed by atoms with Gasteiger partial charge in [0.15, 0.2) is 0 Å². The van der Waals surface area contributed by atoms with Crippen LogP contribution in [0.4, 0.5) is 14.9 Å². The number of carbonyl (C=O) groups is 1. The molecule has 2 rings (SSSR count). The van der Waals surface area contributed by atoms with Gasteiger partial charge in [0.25, 0.3) is 0 Å². The van der Waals surface area contributed by atoms with Crippen molar-refractivity contribution in [1.82, 2.24) is 5.01 Å². The highest BCUT2D eigenvalue weighted by atomic mass is 19.1. The van der Waals surface area contributed by atoms with E-state index in [1.807, 2.05) is 32.9 Å². The summed E-state index contributed by atoms with van der Waals surface area (Å²) in [6.45, 7) is 5.85. The lowest BCUT2D eigenvalue weighted by Gasteiger charge is -2.23. The number of nitrogens with two attached hydrogens (primary N) is 2. The first-order valence-electron chi connectivity index (χ1n) is 7.77. The second kappa shape index (κ2) is 7.50. The molecule has 6 nitrogen and oxygen atoms in total. The van der Waals surface area contributed by atoms with Gasteiger partial charge in [0.1, 0.15) is 18.2 Å². The minimum atomic E-state index is -0.672. The van der Waals surface area contributed by atoms with Gasteiger partial charge in [0.05, 0.1) is 11.3 Å². The number of halogens is 1. The molecule has 2 aromatic carbocycles. The molecule has 0 unspecified atom stereocenters. The van der Waals surface area contributed by atoms with Gasteiger partial charge in [-0.2, -0.15) is 0 Å². The standard InChI is InChI=1S/C18H23FN4O2/c1-11-8-13(3)17(9-12(11)2)25-10-14-15(19)6-5-7-16(14)23(21)18(24)22(4)20/h5-9H,10,20-21H2,1-4H3. The van der Waals surface area contributed by atoms with Gasteiger partial charge in [0, 0.05) is 7.05 Å². The highest BCUT2D eigenvalue weighted by Crippen LogP contribution is 2.27. The van der Waals surface area contributed by atoms with Crippen LogP contribution in [0.5, 0.6) is 5.75 Å². The fourth-order valence-corrected chi connectivity index (χ4v) is 2.43. The van der Waals surface area contributed by atoms with E-state index >= 15 is 0 Å². The topological polar surface area (TPSA) is 84.8 Å². The summed E-state index contributed by atoms with van der Waals surface area (Å²) in [7, 11) is 1.36. The number of urea groups is 1. The van der Waals surface area contributed by atoms with Crippen molar-refractivity contribution in [3.63, 3.8) is 0 Å². The number of ether oxygens (including phenoxy) is 1. The molecule has 134 valence electrons. The van der Waals surface area contributed by atoms with Crippen LogP contribution in [0.1, 0.15) is 22.3 Å². The first kappa shape index (κ1) is 18.7. The molecule has 0 atom stereocenters. The van der Waals surface area contributed by atoms with Crippen LogP contribution in [0.25, 0.3) is 0 Å². The van der Waals surface area contributed by atoms with E-state index in [0.29, 0.717) is 5.75 Å². The predicted molar refractivity (Wildman–Crippen MR) is 95.4 cm³/mol. The maximum Gasteiger partial charge on any atom is 0.352 e. The number of hydrogen-bond acceptors (Lipinski definition) is 4. The summed E-state index contributed by atoms with van der Waals surface area (Å²) in [5, 5.41) is 1.62. The molecule has 0 aromatic heterocycles. The summed E-state index contributed by atoms with van der Waals surface area (Å²) in [5.41, 5.74) is 3.56. The van der Waals surface area contributed by atoms with E-state index in [1.165, 1.54) is 25.2 Å². The highest BCUT2D eigenvalue weighted by molar-refractivity contribution is 5.91. The molecule has 0 fully saturated rings. The molecule has 0 aliphatic heterocycles. The summed E-state index contributed by atoms with van der Waals surface area (Å²) in [6, 6.07) is 7.54. The predicted octanol–water partition coefficient (Wildman–Crippen LogP) is 2.94. The quantitative estimate of drug-likeness (QED) is 0.506. The number of hydrogen-bond donors (Lipinski definition) is 2. The Kier molecular flexibility index (Phi) is 5.61. The van der Waals surface area contributed by atoms with Crippen molar-refractivity contribution in [3.05, 3.63) is 58.4 Å². The normalized spacial score (nSPS) is 10.5. The van der Waals surface area contributed by atoms with Crippen molar-refractivity contribution in [2.75, 3.05) is 12.1 Å². The average molecular weight is 346 g/mol. The summed E-state index contributed by atoms with van der Waals surface area (Å²) in [4.78, 5) is 12.0. The maximum atomic E-state index is 14.3. The lowest BCUT2D eigenvalue weighted by molar-refractivity contribution is 0.216. The van der Waals surface area contributed by atoms with Crippen LogP contribution in [0.3, 0.4) is 0 Å². The van der Waals surface area contributed by atoms with Crippen molar-refractivity contribution in [3.8, 4) is 5.75 Å². The number of nitrogens with zero attached hydrogens (tertiary/aromatic N) is 2. The molecule has 7 heteroatoms. The molecule has 0 aliphatic carbocycles. The van der Waals surface area contributed by atoms with Gasteiger partial charge in [-0.1, -0.05) is 12.1 Å². The molecule has 0 spiro atoms. The Balaban J connectivity index is 2.31. The molecule has 0 saturated carbocycles. The van der Waals surface area contributed by atoms with E-state index in [-0.39, 0.29) is 17.9 Å². The largest absolute Gasteiger partial charge is 0.488 e. The number of rotatable bonds is 4. The monoisotopic (exact) mass is 346 g/mol. The van der Waals surface area contributed by atoms with E-state index in [4.69, 9.17) is 16.4 Å². The lowest BCUT2D eigenvalue weighted by Crippen LogP contribution is -2.49. The molecule has 4 N–H and O–H groups in total. The van der Waals surface area contributed by atoms with E-state index in [2.05, 4.69) is 0 Å². The Morgan fingerprint density at radius 3 is 2.40 bits per heavy atom. The fourth-order valence-electron chi connectivity index (χ4n) is 2.43. The molecule has 0 radical (unpaired) electrons. The maximum absolute atomic E-state index is 14.3. The molecule has 0 bridgehead atoms. The van der Waals surface area contributed by atoms with Crippen LogP contribution >= 0.6 is 0 Å². The zero-order valence-electron chi connectivity index (χ0n) is 14.8. The third-order valence-electron chi connectivity index (χ3n) is 4.02. The Labute approximate surface area is 146 Å². The number of amides is 2. The molecule has 0 aliphatic rings. The minimum Gasteiger partial charge on any atom is -0.488 e. The fraction of sp³-hybridized carbons (Fsp3) is 0.278. The van der Waals surface area contributed by atoms with Gasteiger partial charge in [-0.3, -0.25) is 5.01 Å². The summed E-state index contributed by atoms with van der Waals surface area (Å²) < 4.78 is 20.1. The van der Waals surface area contributed by atoms with E-state index < -0.39 is 11.8 Å². The summed E-state index contributed by atoms with van der Waals surface area (Å²) >= 11 is 0. The number of benzene rings is 2. The Morgan fingerprint density at radius 1 is 1.12 bits per heavy atom. The SMILES string of the molecule is Cc1cc(C)c(OCc2c(F)cccc2N(N)C(=O)N(C)N)cc1C. The number of anilines is 1. The smallest absolute Gasteiger partial charge is 0.352 e. The van der Waals surface area contributed by atoms with Crippen LogP contribution in [-0.4, -0.2) is 18.1 Å². The van der Waals surface area contributed by atoms with Gasteiger partial charge < -0.3 is 4.74 Å². The second-order valence-electron chi connectivity index (χ2n) is 5.99. The summed E-state index contributed by atoms with van der Waals surface area (Å²) in [5.74, 6) is 11.4. The molecule has 25 heavy (non-hydrogen) atoms. The summed E-state index contributed by atoms with van der Waals surface area (Å²) in [6.07, 6.45) is 0. The molecule has 2 amide bonds. The molecule has 0 heterocycles. The molecular weight excluding hydrogens is 323 g/mol. The van der Waals surface area contributed by atoms with E-state index in [0.717, 1.165) is 26.7 Å². The number of aryl methyl sites for hydroxylation is 3. The molecule has 0 saturated heterocycles. The Bertz CT molecular complexity index is 793. The number of carbonyl (C=O) groups excluding carboxylic acids is 1. The first-order valence-corrected chi connectivity index (χ1v) is 7.77. The minimum absolute atomic E-state index is 0.0688. The molecular formula is C18H23FN4O2. The Hall–Kier alpha value is -2.64. The van der Waals surface area contributed by atoms with Gasteiger partial charge in [-0.15, -0.1) is 0 Å². The van der Waals surface area contributed by atoms with Crippen molar-refractivity contribution in [2.45, 2.75) is 27.4 Å². The Morgan fingerprint density at radius 2 is 1.76 bits per heavy atom. The number of hydrazine groups is 2. The van der Waals surface area contributed by atoms with Crippen molar-refractivity contribution in [1.29, 1.82) is 0 Å². The van der Waals surface area contributed by atoms with Gasteiger partial charge in [0.2, 0.25) is 0 Å². The van der Waals surface area contributed by atoms with Crippen LogP contribution in [0.15, 0.2) is 30.3 Å². The second-order valence-corrected chi connectivity index (χ2v) is 5.99. The third kappa shape index (κ3) is 4.07. The third-order valence-corrected chi connectivity index (χ3v) is 4.02. The van der Waals surface area contributed by atoms with Crippen molar-refractivity contribution < 1.29 is 13.9 Å². The van der Waals surface area contributed by atoms with Crippen LogP contribution in [0, 0.1) is 26.6 Å². The van der Waals surface area contributed by atoms with E-state index in [1.54, 1.807) is 0 Å². The van der Waals surface area contributed by atoms with Crippen LogP contribution in [0.2, 0.25) is 0 Å². The van der Waals surface area contributed by atoms with Gasteiger partial charge >= 0.3 is 6.03 Å². The average Bonchev–Trinajstić information content (AvgIpc) is 2.56. The molecule has 2 aromatic rings. The van der Waals surface area contributed by atoms with Gasteiger partial charge in [-0.05, 0) is 55.7 Å². The first-order chi connectivity index (χ1) is 11.7. The highest BCUT2D eigenvalue weighted by Gasteiger charge is 2.20. The van der Waals surface area contributed by atoms with Crippen LogP contribution < -0.4 is 21.4 Å². The van der Waals surface area contributed by atoms with Crippen molar-refractivity contribution in [2.24, 2.45) is 11.7 Å². The van der Waals surface area contributed by atoms with Crippen LogP contribution in [-0.2, 0) is 6.61 Å². The van der Waals surface area contributed by atoms with E-state index in [9.17, 15) is 9.18 Å².